The van der Waals surface area contributed by atoms with Gasteiger partial charge in [0, 0.05) is 23.5 Å². The van der Waals surface area contributed by atoms with Gasteiger partial charge in [0.1, 0.15) is 0 Å². The van der Waals surface area contributed by atoms with Gasteiger partial charge in [0.15, 0.2) is 6.61 Å². The number of carbonyl (C=O) groups is 3. The van der Waals surface area contributed by atoms with Crippen molar-refractivity contribution < 1.29 is 19.1 Å². The highest BCUT2D eigenvalue weighted by Gasteiger charge is 2.17. The predicted molar refractivity (Wildman–Crippen MR) is 108 cm³/mol. The SMILES string of the molecule is O=C(COC(=O)c1ccc2c(c1)CCC(=O)N2)NCCCSc1ccccc1. The van der Waals surface area contributed by atoms with E-state index < -0.39 is 5.97 Å². The predicted octanol–water partition coefficient (Wildman–Crippen LogP) is 3.03. The van der Waals surface area contributed by atoms with Gasteiger partial charge in [-0.3, -0.25) is 9.59 Å². The van der Waals surface area contributed by atoms with E-state index >= 15 is 0 Å². The van der Waals surface area contributed by atoms with Gasteiger partial charge in [-0.25, -0.2) is 4.79 Å². The molecule has 6 nitrogen and oxygen atoms in total. The number of nitrogens with one attached hydrogen (secondary N) is 2. The molecule has 146 valence electrons. The van der Waals surface area contributed by atoms with E-state index in [2.05, 4.69) is 22.8 Å². The third kappa shape index (κ3) is 5.85. The van der Waals surface area contributed by atoms with Crippen molar-refractivity contribution in [3.63, 3.8) is 0 Å². The van der Waals surface area contributed by atoms with Crippen LogP contribution in [0.3, 0.4) is 0 Å². The molecule has 0 atom stereocenters. The van der Waals surface area contributed by atoms with E-state index in [-0.39, 0.29) is 18.4 Å². The Morgan fingerprint density at radius 2 is 1.93 bits per heavy atom. The van der Waals surface area contributed by atoms with Gasteiger partial charge in [0.05, 0.1) is 5.56 Å². The topological polar surface area (TPSA) is 84.5 Å². The number of aryl methyl sites for hydroxylation is 1. The van der Waals surface area contributed by atoms with E-state index in [1.807, 2.05) is 18.2 Å². The minimum atomic E-state index is -0.547. The number of hydrogen-bond donors (Lipinski definition) is 2. The van der Waals surface area contributed by atoms with Gasteiger partial charge in [0.2, 0.25) is 5.91 Å². The first-order chi connectivity index (χ1) is 13.6. The monoisotopic (exact) mass is 398 g/mol. The first kappa shape index (κ1) is 19.9. The van der Waals surface area contributed by atoms with Crippen molar-refractivity contribution in [2.75, 3.05) is 24.2 Å². The highest BCUT2D eigenvalue weighted by atomic mass is 32.2. The van der Waals surface area contributed by atoms with E-state index in [4.69, 9.17) is 4.74 Å². The van der Waals surface area contributed by atoms with E-state index in [1.165, 1.54) is 4.90 Å². The summed E-state index contributed by atoms with van der Waals surface area (Å²) in [5.41, 5.74) is 2.00. The fourth-order valence-corrected chi connectivity index (χ4v) is 3.66. The molecular weight excluding hydrogens is 376 g/mol. The van der Waals surface area contributed by atoms with Crippen molar-refractivity contribution in [2.45, 2.75) is 24.2 Å². The van der Waals surface area contributed by atoms with Crippen LogP contribution in [-0.2, 0) is 20.7 Å². The number of hydrogen-bond acceptors (Lipinski definition) is 5. The largest absolute Gasteiger partial charge is 0.452 e. The molecule has 0 aromatic heterocycles. The zero-order valence-electron chi connectivity index (χ0n) is 15.4. The molecule has 28 heavy (non-hydrogen) atoms. The molecular formula is C21H22N2O4S. The first-order valence-corrected chi connectivity index (χ1v) is 10.1. The fraction of sp³-hybridized carbons (Fsp3) is 0.286. The zero-order valence-corrected chi connectivity index (χ0v) is 16.2. The molecule has 7 heteroatoms. The zero-order chi connectivity index (χ0) is 19.8. The highest BCUT2D eigenvalue weighted by Crippen LogP contribution is 2.23. The smallest absolute Gasteiger partial charge is 0.338 e. The Hall–Kier alpha value is -2.80. The molecule has 0 saturated heterocycles. The Balaban J connectivity index is 1.35. The molecule has 2 N–H and O–H groups in total. The summed E-state index contributed by atoms with van der Waals surface area (Å²) < 4.78 is 5.08. The highest BCUT2D eigenvalue weighted by molar-refractivity contribution is 7.99. The molecule has 1 heterocycles. The molecule has 0 bridgehead atoms. The summed E-state index contributed by atoms with van der Waals surface area (Å²) in [7, 11) is 0. The molecule has 0 aliphatic carbocycles. The quantitative estimate of drug-likeness (QED) is 0.406. The molecule has 2 aromatic rings. The number of carbonyl (C=O) groups excluding carboxylic acids is 3. The number of ether oxygens (including phenoxy) is 1. The lowest BCUT2D eigenvalue weighted by Crippen LogP contribution is -2.30. The lowest BCUT2D eigenvalue weighted by molar-refractivity contribution is -0.124. The van der Waals surface area contributed by atoms with Gasteiger partial charge >= 0.3 is 5.97 Å². The van der Waals surface area contributed by atoms with Crippen molar-refractivity contribution >= 4 is 35.2 Å². The molecule has 0 unspecified atom stereocenters. The van der Waals surface area contributed by atoms with E-state index in [0.29, 0.717) is 24.9 Å². The Kier molecular flexibility index (Phi) is 7.08. The third-order valence-corrected chi connectivity index (χ3v) is 5.32. The van der Waals surface area contributed by atoms with Crippen LogP contribution in [0.15, 0.2) is 53.4 Å². The molecule has 0 fully saturated rings. The van der Waals surface area contributed by atoms with Crippen LogP contribution in [0.4, 0.5) is 5.69 Å². The van der Waals surface area contributed by atoms with E-state index in [9.17, 15) is 14.4 Å². The normalized spacial score (nSPS) is 12.6. The summed E-state index contributed by atoms with van der Waals surface area (Å²) in [5, 5.41) is 5.52. The fourth-order valence-electron chi connectivity index (χ4n) is 2.78. The minimum Gasteiger partial charge on any atom is -0.452 e. The molecule has 0 radical (unpaired) electrons. The van der Waals surface area contributed by atoms with Crippen LogP contribution in [0.2, 0.25) is 0 Å². The van der Waals surface area contributed by atoms with Crippen molar-refractivity contribution in [3.8, 4) is 0 Å². The van der Waals surface area contributed by atoms with Crippen LogP contribution in [0, 0.1) is 0 Å². The Labute approximate surface area is 168 Å². The number of amides is 2. The van der Waals surface area contributed by atoms with Gasteiger partial charge < -0.3 is 15.4 Å². The summed E-state index contributed by atoms with van der Waals surface area (Å²) in [6.07, 6.45) is 1.82. The Morgan fingerprint density at radius 3 is 2.75 bits per heavy atom. The molecule has 0 saturated carbocycles. The van der Waals surface area contributed by atoms with Gasteiger partial charge in [-0.15, -0.1) is 11.8 Å². The number of thioether (sulfide) groups is 1. The van der Waals surface area contributed by atoms with Gasteiger partial charge in [-0.2, -0.15) is 0 Å². The molecule has 2 aromatic carbocycles. The second-order valence-corrected chi connectivity index (χ2v) is 7.53. The third-order valence-electron chi connectivity index (χ3n) is 4.23. The first-order valence-electron chi connectivity index (χ1n) is 9.16. The second kappa shape index (κ2) is 9.94. The lowest BCUT2D eigenvalue weighted by atomic mass is 10.0. The summed E-state index contributed by atoms with van der Waals surface area (Å²) in [5.74, 6) is 0.00914. The number of fused-ring (bicyclic) bond motifs is 1. The summed E-state index contributed by atoms with van der Waals surface area (Å²) in [4.78, 5) is 36.6. The van der Waals surface area contributed by atoms with E-state index in [0.717, 1.165) is 23.4 Å². The number of rotatable bonds is 8. The maximum Gasteiger partial charge on any atom is 0.338 e. The van der Waals surface area contributed by atoms with Crippen LogP contribution >= 0.6 is 11.8 Å². The van der Waals surface area contributed by atoms with Crippen LogP contribution in [0.1, 0.15) is 28.8 Å². The van der Waals surface area contributed by atoms with Crippen LogP contribution in [-0.4, -0.2) is 36.7 Å². The Morgan fingerprint density at radius 1 is 1.11 bits per heavy atom. The van der Waals surface area contributed by atoms with Gasteiger partial charge in [0.25, 0.3) is 5.91 Å². The van der Waals surface area contributed by atoms with Crippen molar-refractivity contribution in [1.82, 2.24) is 5.32 Å². The maximum atomic E-state index is 12.1. The van der Waals surface area contributed by atoms with Crippen LogP contribution in [0.25, 0.3) is 0 Å². The molecule has 1 aliphatic rings. The number of esters is 1. The number of anilines is 1. The average molecular weight is 398 g/mol. The minimum absolute atomic E-state index is 0.0262. The molecule has 2 amide bonds. The molecule has 0 spiro atoms. The Bertz CT molecular complexity index is 855. The van der Waals surface area contributed by atoms with Gasteiger partial charge in [-0.1, -0.05) is 18.2 Å². The van der Waals surface area contributed by atoms with Crippen molar-refractivity contribution in [1.29, 1.82) is 0 Å². The standard InChI is InChI=1S/C21H22N2O4S/c24-19-10-8-15-13-16(7-9-18(15)23-19)21(26)27-14-20(25)22-11-4-12-28-17-5-2-1-3-6-17/h1-3,5-7,9,13H,4,8,10-12,14H2,(H,22,25)(H,23,24). The second-order valence-electron chi connectivity index (χ2n) is 6.36. The summed E-state index contributed by atoms with van der Waals surface area (Å²) in [6.45, 7) is 0.229. The van der Waals surface area contributed by atoms with Crippen molar-refractivity contribution in [2.24, 2.45) is 0 Å². The van der Waals surface area contributed by atoms with E-state index in [1.54, 1.807) is 30.0 Å². The van der Waals surface area contributed by atoms with Crippen LogP contribution < -0.4 is 10.6 Å². The average Bonchev–Trinajstić information content (AvgIpc) is 2.72. The number of benzene rings is 2. The molecule has 1 aliphatic heterocycles. The summed E-state index contributed by atoms with van der Waals surface area (Å²) in [6, 6.07) is 15.1. The lowest BCUT2D eigenvalue weighted by Gasteiger charge is -2.17. The maximum absolute atomic E-state index is 12.1. The molecule has 3 rings (SSSR count). The summed E-state index contributed by atoms with van der Waals surface area (Å²) >= 11 is 1.74. The van der Waals surface area contributed by atoms with Crippen LogP contribution in [0.5, 0.6) is 0 Å². The van der Waals surface area contributed by atoms with Crippen molar-refractivity contribution in [3.05, 3.63) is 59.7 Å². The van der Waals surface area contributed by atoms with Gasteiger partial charge in [-0.05, 0) is 54.5 Å².